The van der Waals surface area contributed by atoms with Gasteiger partial charge in [-0.2, -0.15) is 13.2 Å². The normalized spacial score (nSPS) is 18.9. The summed E-state index contributed by atoms with van der Waals surface area (Å²) in [4.78, 5) is 0. The Balaban J connectivity index is 2.32. The molecule has 1 atom stereocenters. The first-order valence-corrected chi connectivity index (χ1v) is 6.49. The first-order valence-electron chi connectivity index (χ1n) is 6.49. The van der Waals surface area contributed by atoms with Gasteiger partial charge in [0.2, 0.25) is 0 Å². The summed E-state index contributed by atoms with van der Waals surface area (Å²) in [6, 6.07) is 6.68. The fourth-order valence-corrected chi connectivity index (χ4v) is 2.27. The maximum absolute atomic E-state index is 13.3. The summed E-state index contributed by atoms with van der Waals surface area (Å²) in [5.41, 5.74) is -1.55. The van der Waals surface area contributed by atoms with Gasteiger partial charge in [-0.1, -0.05) is 29.8 Å². The van der Waals surface area contributed by atoms with Gasteiger partial charge in [-0.15, -0.1) is 0 Å². The second-order valence-corrected chi connectivity index (χ2v) is 5.14. The van der Waals surface area contributed by atoms with Gasteiger partial charge >= 0.3 is 6.18 Å². The Morgan fingerprint density at radius 3 is 2.35 bits per heavy atom. The van der Waals surface area contributed by atoms with E-state index in [1.165, 1.54) is 0 Å². The van der Waals surface area contributed by atoms with Crippen LogP contribution in [0.1, 0.15) is 24.0 Å². The molecule has 0 spiro atoms. The lowest BCUT2D eigenvalue weighted by Gasteiger charge is -2.34. The van der Waals surface area contributed by atoms with Crippen molar-refractivity contribution in [3.8, 4) is 0 Å². The summed E-state index contributed by atoms with van der Waals surface area (Å²) in [5, 5.41) is 10.2. The number of benzene rings is 1. The summed E-state index contributed by atoms with van der Waals surface area (Å²) < 4.78 is 44.9. The van der Waals surface area contributed by atoms with Crippen LogP contribution in [0.3, 0.4) is 0 Å². The molecule has 0 radical (unpaired) electrons. The number of ether oxygens (including phenoxy) is 1. The Morgan fingerprint density at radius 2 is 1.85 bits per heavy atom. The molecule has 1 aromatic rings. The highest BCUT2D eigenvalue weighted by Crippen LogP contribution is 2.41. The van der Waals surface area contributed by atoms with Gasteiger partial charge in [0.1, 0.15) is 0 Å². The highest BCUT2D eigenvalue weighted by Gasteiger charge is 2.56. The first kappa shape index (κ1) is 14.9. The quantitative estimate of drug-likeness (QED) is 0.921. The van der Waals surface area contributed by atoms with Crippen LogP contribution in [0, 0.1) is 6.92 Å². The Labute approximate surface area is 115 Å². The fraction of sp³-hybridized carbons (Fsp3) is 0.467. The zero-order valence-corrected chi connectivity index (χ0v) is 11.2. The zero-order chi connectivity index (χ0) is 14.8. The maximum Gasteiger partial charge on any atom is 0.421 e. The second kappa shape index (κ2) is 5.48. The van der Waals surface area contributed by atoms with E-state index in [1.807, 2.05) is 6.92 Å². The summed E-state index contributed by atoms with van der Waals surface area (Å²) in [6.45, 7) is 2.25. The first-order chi connectivity index (χ1) is 9.33. The molecule has 0 aromatic heterocycles. The van der Waals surface area contributed by atoms with Crippen LogP contribution in [0.2, 0.25) is 0 Å². The molecule has 0 saturated heterocycles. The summed E-state index contributed by atoms with van der Waals surface area (Å²) in [5.74, 6) is 0. The van der Waals surface area contributed by atoms with Crippen molar-refractivity contribution in [1.82, 2.24) is 0 Å². The number of halogens is 3. The standard InChI is InChI=1S/C15H17F3O2/c1-11-4-6-12(7-5-11)9-14(19,15(16,17)18)13-3-2-8-20-10-13/h4-7,10,19H,2-3,8-9H2,1H3. The molecule has 2 rings (SSSR count). The van der Waals surface area contributed by atoms with E-state index in [0.29, 0.717) is 18.6 Å². The van der Waals surface area contributed by atoms with Gasteiger partial charge < -0.3 is 9.84 Å². The van der Waals surface area contributed by atoms with E-state index in [-0.39, 0.29) is 12.0 Å². The molecule has 1 aliphatic heterocycles. The predicted molar refractivity (Wildman–Crippen MR) is 69.2 cm³/mol. The summed E-state index contributed by atoms with van der Waals surface area (Å²) >= 11 is 0. The zero-order valence-electron chi connectivity index (χ0n) is 11.2. The van der Waals surface area contributed by atoms with Gasteiger partial charge in [0.05, 0.1) is 12.9 Å². The second-order valence-electron chi connectivity index (χ2n) is 5.14. The van der Waals surface area contributed by atoms with Gasteiger partial charge in [-0.25, -0.2) is 0 Å². The van der Waals surface area contributed by atoms with Crippen molar-refractivity contribution in [2.75, 3.05) is 6.61 Å². The summed E-state index contributed by atoms with van der Waals surface area (Å²) in [6.07, 6.45) is -3.48. The molecular formula is C15H17F3O2. The number of alkyl halides is 3. The molecule has 20 heavy (non-hydrogen) atoms. The molecule has 2 nitrogen and oxygen atoms in total. The molecule has 1 aromatic carbocycles. The Hall–Kier alpha value is -1.49. The number of aryl methyl sites for hydroxylation is 1. The molecule has 1 unspecified atom stereocenters. The van der Waals surface area contributed by atoms with Crippen LogP contribution in [0.4, 0.5) is 13.2 Å². The van der Waals surface area contributed by atoms with Crippen molar-refractivity contribution in [3.63, 3.8) is 0 Å². The fourth-order valence-electron chi connectivity index (χ4n) is 2.27. The van der Waals surface area contributed by atoms with Crippen LogP contribution in [0.15, 0.2) is 36.1 Å². The molecular weight excluding hydrogens is 269 g/mol. The molecule has 0 amide bonds. The van der Waals surface area contributed by atoms with Crippen LogP contribution < -0.4 is 0 Å². The van der Waals surface area contributed by atoms with Crippen molar-refractivity contribution >= 4 is 0 Å². The van der Waals surface area contributed by atoms with E-state index < -0.39 is 18.2 Å². The largest absolute Gasteiger partial charge is 0.501 e. The van der Waals surface area contributed by atoms with Crippen molar-refractivity contribution in [2.24, 2.45) is 0 Å². The lowest BCUT2D eigenvalue weighted by Crippen LogP contribution is -2.49. The topological polar surface area (TPSA) is 29.5 Å². The molecule has 0 bridgehead atoms. The number of aliphatic hydroxyl groups is 1. The Bertz CT molecular complexity index is 491. The Morgan fingerprint density at radius 1 is 1.20 bits per heavy atom. The van der Waals surface area contributed by atoms with Gasteiger partial charge in [-0.05, 0) is 25.3 Å². The maximum atomic E-state index is 13.3. The van der Waals surface area contributed by atoms with Crippen molar-refractivity contribution in [2.45, 2.75) is 38.0 Å². The van der Waals surface area contributed by atoms with Gasteiger partial charge in [0.15, 0.2) is 5.60 Å². The lowest BCUT2D eigenvalue weighted by molar-refractivity contribution is -0.245. The third-order valence-electron chi connectivity index (χ3n) is 3.51. The van der Waals surface area contributed by atoms with Gasteiger partial charge in [-0.3, -0.25) is 0 Å². The molecule has 110 valence electrons. The third kappa shape index (κ3) is 2.98. The van der Waals surface area contributed by atoms with E-state index >= 15 is 0 Å². The van der Waals surface area contributed by atoms with Crippen LogP contribution >= 0.6 is 0 Å². The average molecular weight is 286 g/mol. The minimum atomic E-state index is -4.73. The highest BCUT2D eigenvalue weighted by atomic mass is 19.4. The van der Waals surface area contributed by atoms with Crippen molar-refractivity contribution in [3.05, 3.63) is 47.2 Å². The Kier molecular flexibility index (Phi) is 4.09. The van der Waals surface area contributed by atoms with E-state index in [4.69, 9.17) is 4.74 Å². The van der Waals surface area contributed by atoms with Gasteiger partial charge in [0, 0.05) is 12.0 Å². The highest BCUT2D eigenvalue weighted by molar-refractivity contribution is 5.28. The summed E-state index contributed by atoms with van der Waals surface area (Å²) in [7, 11) is 0. The van der Waals surface area contributed by atoms with E-state index in [2.05, 4.69) is 0 Å². The van der Waals surface area contributed by atoms with Crippen LogP contribution in [-0.2, 0) is 11.2 Å². The van der Waals surface area contributed by atoms with E-state index in [1.54, 1.807) is 24.3 Å². The molecule has 5 heteroatoms. The average Bonchev–Trinajstić information content (AvgIpc) is 2.41. The monoisotopic (exact) mass is 286 g/mol. The van der Waals surface area contributed by atoms with Gasteiger partial charge in [0.25, 0.3) is 0 Å². The number of rotatable bonds is 3. The minimum absolute atomic E-state index is 0.100. The van der Waals surface area contributed by atoms with Crippen molar-refractivity contribution in [1.29, 1.82) is 0 Å². The third-order valence-corrected chi connectivity index (χ3v) is 3.51. The van der Waals surface area contributed by atoms with Crippen molar-refractivity contribution < 1.29 is 23.0 Å². The lowest BCUT2D eigenvalue weighted by atomic mass is 9.84. The predicted octanol–water partition coefficient (Wildman–Crippen LogP) is 3.53. The molecule has 0 saturated carbocycles. The molecule has 1 aliphatic rings. The minimum Gasteiger partial charge on any atom is -0.501 e. The van der Waals surface area contributed by atoms with Crippen LogP contribution in [-0.4, -0.2) is 23.5 Å². The van der Waals surface area contributed by atoms with Crippen LogP contribution in [0.5, 0.6) is 0 Å². The SMILES string of the molecule is Cc1ccc(CC(O)(C2=COCCC2)C(F)(F)F)cc1. The van der Waals surface area contributed by atoms with Crippen LogP contribution in [0.25, 0.3) is 0 Å². The molecule has 0 aliphatic carbocycles. The molecule has 0 fully saturated rings. The molecule has 1 N–H and O–H groups in total. The number of hydrogen-bond acceptors (Lipinski definition) is 2. The number of hydrogen-bond donors (Lipinski definition) is 1. The smallest absolute Gasteiger partial charge is 0.421 e. The van der Waals surface area contributed by atoms with E-state index in [0.717, 1.165) is 11.8 Å². The van der Waals surface area contributed by atoms with E-state index in [9.17, 15) is 18.3 Å². The molecule has 1 heterocycles.